The van der Waals surface area contributed by atoms with Gasteiger partial charge in [-0.25, -0.2) is 0 Å². The number of aromatic nitrogens is 3. The third-order valence-electron chi connectivity index (χ3n) is 3.43. The number of nitrogens with zero attached hydrogens (tertiary/aromatic N) is 3. The van der Waals surface area contributed by atoms with Crippen LogP contribution in [0.25, 0.3) is 0 Å². The Kier molecular flexibility index (Phi) is 4.76. The van der Waals surface area contributed by atoms with Crippen LogP contribution in [0, 0.1) is 0 Å². The van der Waals surface area contributed by atoms with Crippen LogP contribution < -0.4 is 10.6 Å². The van der Waals surface area contributed by atoms with Gasteiger partial charge in [0.25, 0.3) is 0 Å². The number of rotatable bonds is 5. The van der Waals surface area contributed by atoms with Crippen molar-refractivity contribution in [3.63, 3.8) is 0 Å². The van der Waals surface area contributed by atoms with Crippen molar-refractivity contribution in [2.75, 3.05) is 23.8 Å². The fourth-order valence-electron chi connectivity index (χ4n) is 2.43. The number of aliphatic hydroxyl groups excluding tert-OH is 1. The summed E-state index contributed by atoms with van der Waals surface area (Å²) in [5, 5.41) is 16.1. The largest absolute Gasteiger partial charge is 0.394 e. The molecule has 1 aliphatic rings. The molecule has 1 fully saturated rings. The van der Waals surface area contributed by atoms with Gasteiger partial charge in [-0.05, 0) is 31.4 Å². The fraction of sp³-hybridized carbons (Fsp3) is 0.750. The lowest BCUT2D eigenvalue weighted by atomic mass is 9.82. The third kappa shape index (κ3) is 3.67. The molecule has 6 nitrogen and oxygen atoms in total. The van der Waals surface area contributed by atoms with E-state index in [1.54, 1.807) is 0 Å². The van der Waals surface area contributed by atoms with Gasteiger partial charge >= 0.3 is 0 Å². The van der Waals surface area contributed by atoms with Crippen molar-refractivity contribution in [1.82, 2.24) is 15.0 Å². The minimum Gasteiger partial charge on any atom is -0.394 e. The zero-order valence-electron chi connectivity index (χ0n) is 11.1. The molecule has 0 unspecified atom stereocenters. The summed E-state index contributed by atoms with van der Waals surface area (Å²) in [7, 11) is 0. The Morgan fingerprint density at radius 1 is 1.16 bits per heavy atom. The summed E-state index contributed by atoms with van der Waals surface area (Å²) >= 11 is 5.89. The molecule has 1 aromatic rings. The van der Waals surface area contributed by atoms with Crippen molar-refractivity contribution >= 4 is 23.5 Å². The summed E-state index contributed by atoms with van der Waals surface area (Å²) in [6, 6.07) is 0. The highest BCUT2D eigenvalue weighted by Crippen LogP contribution is 2.30. The van der Waals surface area contributed by atoms with Crippen LogP contribution in [0.4, 0.5) is 11.9 Å². The zero-order valence-corrected chi connectivity index (χ0v) is 11.9. The van der Waals surface area contributed by atoms with Crippen LogP contribution in [0.15, 0.2) is 0 Å². The van der Waals surface area contributed by atoms with Gasteiger partial charge in [0.1, 0.15) is 0 Å². The minimum absolute atomic E-state index is 0.0762. The number of nitrogens with one attached hydrogen (secondary N) is 2. The van der Waals surface area contributed by atoms with E-state index >= 15 is 0 Å². The van der Waals surface area contributed by atoms with Crippen LogP contribution in [-0.4, -0.2) is 38.7 Å². The van der Waals surface area contributed by atoms with Gasteiger partial charge in [-0.2, -0.15) is 15.0 Å². The van der Waals surface area contributed by atoms with E-state index < -0.39 is 0 Å². The van der Waals surface area contributed by atoms with Crippen molar-refractivity contribution < 1.29 is 5.11 Å². The van der Waals surface area contributed by atoms with Gasteiger partial charge < -0.3 is 15.7 Å². The molecular weight excluding hydrogens is 266 g/mol. The lowest BCUT2D eigenvalue weighted by molar-refractivity contribution is 0.172. The first-order valence-electron chi connectivity index (χ1n) is 6.72. The molecule has 0 amide bonds. The highest BCUT2D eigenvalue weighted by Gasteiger charge is 2.32. The van der Waals surface area contributed by atoms with Gasteiger partial charge in [0.15, 0.2) is 0 Å². The first kappa shape index (κ1) is 14.3. The van der Waals surface area contributed by atoms with Gasteiger partial charge in [-0.3, -0.25) is 0 Å². The summed E-state index contributed by atoms with van der Waals surface area (Å²) in [6.45, 7) is 2.75. The Morgan fingerprint density at radius 2 is 1.84 bits per heavy atom. The second kappa shape index (κ2) is 6.34. The molecule has 0 aliphatic heterocycles. The van der Waals surface area contributed by atoms with Crippen LogP contribution in [0.5, 0.6) is 0 Å². The Bertz CT molecular complexity index is 423. The van der Waals surface area contributed by atoms with Crippen molar-refractivity contribution in [1.29, 1.82) is 0 Å². The summed E-state index contributed by atoms with van der Waals surface area (Å²) in [5.74, 6) is 0.876. The highest BCUT2D eigenvalue weighted by atomic mass is 35.5. The lowest BCUT2D eigenvalue weighted by Crippen LogP contribution is -2.44. The maximum Gasteiger partial charge on any atom is 0.229 e. The van der Waals surface area contributed by atoms with E-state index in [2.05, 4.69) is 25.6 Å². The molecule has 1 aromatic heterocycles. The van der Waals surface area contributed by atoms with Gasteiger partial charge in [0, 0.05) is 6.54 Å². The summed E-state index contributed by atoms with van der Waals surface area (Å²) in [5.41, 5.74) is -0.327. The Morgan fingerprint density at radius 3 is 2.47 bits per heavy atom. The third-order valence-corrected chi connectivity index (χ3v) is 3.60. The topological polar surface area (TPSA) is 83.0 Å². The predicted molar refractivity (Wildman–Crippen MR) is 75.5 cm³/mol. The molecule has 19 heavy (non-hydrogen) atoms. The number of anilines is 2. The molecule has 106 valence electrons. The molecule has 0 spiro atoms. The Hall–Kier alpha value is -1.14. The van der Waals surface area contributed by atoms with Crippen molar-refractivity contribution in [3.8, 4) is 0 Å². The molecule has 0 bridgehead atoms. The van der Waals surface area contributed by atoms with E-state index in [1.807, 2.05) is 6.92 Å². The van der Waals surface area contributed by atoms with E-state index in [0.29, 0.717) is 18.4 Å². The maximum absolute atomic E-state index is 9.66. The monoisotopic (exact) mass is 285 g/mol. The van der Waals surface area contributed by atoms with Gasteiger partial charge in [0.2, 0.25) is 17.2 Å². The number of halogens is 1. The first-order valence-corrected chi connectivity index (χ1v) is 7.10. The van der Waals surface area contributed by atoms with E-state index in [4.69, 9.17) is 11.6 Å². The van der Waals surface area contributed by atoms with Gasteiger partial charge in [-0.1, -0.05) is 19.3 Å². The van der Waals surface area contributed by atoms with E-state index in [-0.39, 0.29) is 17.4 Å². The zero-order chi connectivity index (χ0) is 13.7. The molecule has 0 aromatic carbocycles. The fourth-order valence-corrected chi connectivity index (χ4v) is 2.59. The lowest BCUT2D eigenvalue weighted by Gasteiger charge is -2.36. The Balaban J connectivity index is 2.16. The normalized spacial score (nSPS) is 18.1. The first-order chi connectivity index (χ1) is 9.17. The maximum atomic E-state index is 9.66. The van der Waals surface area contributed by atoms with Crippen LogP contribution in [0.3, 0.4) is 0 Å². The second-order valence-corrected chi connectivity index (χ2v) is 5.24. The van der Waals surface area contributed by atoms with Crippen molar-refractivity contribution in [2.45, 2.75) is 44.6 Å². The molecular formula is C12H20ClN5O. The molecule has 0 saturated heterocycles. The molecule has 1 saturated carbocycles. The van der Waals surface area contributed by atoms with Crippen molar-refractivity contribution in [3.05, 3.63) is 5.28 Å². The highest BCUT2D eigenvalue weighted by molar-refractivity contribution is 6.28. The molecule has 2 rings (SSSR count). The molecule has 1 heterocycles. The smallest absolute Gasteiger partial charge is 0.229 e. The van der Waals surface area contributed by atoms with Gasteiger partial charge in [-0.15, -0.1) is 0 Å². The quantitative estimate of drug-likeness (QED) is 0.768. The SMILES string of the molecule is CCNc1nc(Cl)nc(NC2(CO)CCCCC2)n1. The van der Waals surface area contributed by atoms with Crippen LogP contribution in [0.2, 0.25) is 5.28 Å². The van der Waals surface area contributed by atoms with Crippen LogP contribution in [-0.2, 0) is 0 Å². The van der Waals surface area contributed by atoms with E-state index in [1.165, 1.54) is 6.42 Å². The van der Waals surface area contributed by atoms with E-state index in [0.717, 1.165) is 25.7 Å². The molecule has 7 heteroatoms. The number of aliphatic hydroxyl groups is 1. The summed E-state index contributed by atoms with van der Waals surface area (Å²) < 4.78 is 0. The predicted octanol–water partition coefficient (Wildman–Crippen LogP) is 2.06. The van der Waals surface area contributed by atoms with E-state index in [9.17, 15) is 5.11 Å². The average molecular weight is 286 g/mol. The number of hydrogen-bond acceptors (Lipinski definition) is 6. The minimum atomic E-state index is -0.327. The molecule has 3 N–H and O–H groups in total. The second-order valence-electron chi connectivity index (χ2n) is 4.91. The molecule has 1 aliphatic carbocycles. The molecule has 0 atom stereocenters. The Labute approximate surface area is 118 Å². The number of hydrogen-bond donors (Lipinski definition) is 3. The van der Waals surface area contributed by atoms with Gasteiger partial charge in [0.05, 0.1) is 12.1 Å². The van der Waals surface area contributed by atoms with Crippen LogP contribution in [0.1, 0.15) is 39.0 Å². The standard InChI is InChI=1S/C12H20ClN5O/c1-2-14-10-15-9(13)16-11(17-10)18-12(8-19)6-4-3-5-7-12/h19H,2-8H2,1H3,(H2,14,15,16,17,18). The molecule has 0 radical (unpaired) electrons. The summed E-state index contributed by atoms with van der Waals surface area (Å²) in [4.78, 5) is 12.3. The summed E-state index contributed by atoms with van der Waals surface area (Å²) in [6.07, 6.45) is 5.26. The van der Waals surface area contributed by atoms with Crippen molar-refractivity contribution in [2.24, 2.45) is 0 Å². The average Bonchev–Trinajstić information content (AvgIpc) is 2.39. The van der Waals surface area contributed by atoms with Crippen LogP contribution >= 0.6 is 11.6 Å².